The second-order valence-corrected chi connectivity index (χ2v) is 6.83. The number of urea groups is 1. The molecule has 1 fully saturated rings. The molecule has 0 bridgehead atoms. The second kappa shape index (κ2) is 7.36. The van der Waals surface area contributed by atoms with Gasteiger partial charge in [0.2, 0.25) is 12.7 Å². The first-order chi connectivity index (χ1) is 13.1. The minimum atomic E-state index is -0.350. The number of anilines is 2. The van der Waals surface area contributed by atoms with Crippen LogP contribution < -0.4 is 25.0 Å². The topological polar surface area (TPSA) is 79.9 Å². The summed E-state index contributed by atoms with van der Waals surface area (Å²) < 4.78 is 10.7. The van der Waals surface area contributed by atoms with Gasteiger partial charge in [0, 0.05) is 37.2 Å². The fraction of sp³-hybridized carbons (Fsp3) is 0.263. The highest BCUT2D eigenvalue weighted by Gasteiger charge is 2.31. The molecule has 0 aliphatic carbocycles. The lowest BCUT2D eigenvalue weighted by atomic mass is 10.1. The van der Waals surface area contributed by atoms with E-state index in [9.17, 15) is 9.59 Å². The van der Waals surface area contributed by atoms with E-state index in [4.69, 9.17) is 21.1 Å². The average Bonchev–Trinajstić information content (AvgIpc) is 3.27. The third-order valence-corrected chi connectivity index (χ3v) is 4.88. The lowest BCUT2D eigenvalue weighted by molar-refractivity contribution is -0.117. The number of benzene rings is 2. The summed E-state index contributed by atoms with van der Waals surface area (Å²) in [6.45, 7) is 1.12. The van der Waals surface area contributed by atoms with Crippen LogP contribution in [0.15, 0.2) is 42.5 Å². The van der Waals surface area contributed by atoms with Crippen molar-refractivity contribution in [1.29, 1.82) is 0 Å². The molecule has 0 radical (unpaired) electrons. The number of para-hydroxylation sites is 1. The number of fused-ring (bicyclic) bond motifs is 1. The number of hydrogen-bond donors (Lipinski definition) is 2. The third kappa shape index (κ3) is 3.78. The molecule has 0 aromatic heterocycles. The molecule has 2 N–H and O–H groups in total. The number of amides is 3. The molecular weight excluding hydrogens is 370 g/mol. The van der Waals surface area contributed by atoms with Crippen molar-refractivity contribution in [3.8, 4) is 11.5 Å². The maximum absolute atomic E-state index is 12.4. The highest BCUT2D eigenvalue weighted by Crippen LogP contribution is 2.37. The predicted octanol–water partition coefficient (Wildman–Crippen LogP) is 3.24. The van der Waals surface area contributed by atoms with Crippen LogP contribution in [0, 0.1) is 5.92 Å². The molecule has 2 heterocycles. The Balaban J connectivity index is 1.33. The van der Waals surface area contributed by atoms with Crippen molar-refractivity contribution in [3.05, 3.63) is 47.5 Å². The van der Waals surface area contributed by atoms with Gasteiger partial charge in [0.1, 0.15) is 0 Å². The predicted molar refractivity (Wildman–Crippen MR) is 101 cm³/mol. The molecule has 2 aromatic carbocycles. The number of nitrogens with one attached hydrogen (secondary N) is 2. The lowest BCUT2D eigenvalue weighted by Crippen LogP contribution is -2.34. The quantitative estimate of drug-likeness (QED) is 0.844. The number of carbonyl (C=O) groups excluding carboxylic acids is 2. The number of ether oxygens (including phenoxy) is 2. The van der Waals surface area contributed by atoms with Crippen molar-refractivity contribution in [1.82, 2.24) is 5.32 Å². The molecule has 7 nitrogen and oxygen atoms in total. The Morgan fingerprint density at radius 2 is 2.00 bits per heavy atom. The van der Waals surface area contributed by atoms with Gasteiger partial charge in [-0.15, -0.1) is 0 Å². The van der Waals surface area contributed by atoms with E-state index in [1.807, 2.05) is 6.07 Å². The van der Waals surface area contributed by atoms with Crippen molar-refractivity contribution in [2.24, 2.45) is 5.92 Å². The van der Waals surface area contributed by atoms with E-state index < -0.39 is 0 Å². The zero-order valence-corrected chi connectivity index (χ0v) is 15.2. The number of nitrogens with zero attached hydrogens (tertiary/aromatic N) is 1. The Kier molecular flexibility index (Phi) is 4.77. The van der Waals surface area contributed by atoms with E-state index in [1.54, 1.807) is 41.3 Å². The van der Waals surface area contributed by atoms with Gasteiger partial charge < -0.3 is 25.0 Å². The van der Waals surface area contributed by atoms with E-state index in [2.05, 4.69) is 10.6 Å². The van der Waals surface area contributed by atoms with Gasteiger partial charge in [0.25, 0.3) is 0 Å². The van der Waals surface area contributed by atoms with Gasteiger partial charge in [-0.1, -0.05) is 23.7 Å². The van der Waals surface area contributed by atoms with Crippen molar-refractivity contribution in [3.63, 3.8) is 0 Å². The SMILES string of the molecule is O=C(NCC1CC(=O)N(c2ccc3c(c2)OCO3)C1)Nc1ccccc1Cl. The standard InChI is InChI=1S/C19H18ClN3O4/c20-14-3-1-2-4-15(14)22-19(25)21-9-12-7-18(24)23(10-12)13-5-6-16-17(8-13)27-11-26-16/h1-6,8,12H,7,9-11H2,(H2,21,22,25). The molecule has 140 valence electrons. The molecule has 2 aliphatic heterocycles. The van der Waals surface area contributed by atoms with Crippen LogP contribution in [0.1, 0.15) is 6.42 Å². The first-order valence-electron chi connectivity index (χ1n) is 8.59. The Labute approximate surface area is 161 Å². The highest BCUT2D eigenvalue weighted by molar-refractivity contribution is 6.33. The van der Waals surface area contributed by atoms with E-state index in [0.29, 0.717) is 41.7 Å². The van der Waals surface area contributed by atoms with Crippen molar-refractivity contribution >= 4 is 34.9 Å². The number of carbonyl (C=O) groups is 2. The first-order valence-corrected chi connectivity index (χ1v) is 8.97. The molecule has 1 saturated heterocycles. The minimum absolute atomic E-state index is 0.0205. The largest absolute Gasteiger partial charge is 0.454 e. The monoisotopic (exact) mass is 387 g/mol. The molecule has 0 saturated carbocycles. The maximum atomic E-state index is 12.4. The first kappa shape index (κ1) is 17.5. The summed E-state index contributed by atoms with van der Waals surface area (Å²) in [6.07, 6.45) is 0.376. The summed E-state index contributed by atoms with van der Waals surface area (Å²) in [4.78, 5) is 26.2. The van der Waals surface area contributed by atoms with Crippen LogP contribution in [0.2, 0.25) is 5.02 Å². The number of hydrogen-bond acceptors (Lipinski definition) is 4. The fourth-order valence-electron chi connectivity index (χ4n) is 3.19. The van der Waals surface area contributed by atoms with Crippen LogP contribution in [0.5, 0.6) is 11.5 Å². The number of rotatable bonds is 4. The van der Waals surface area contributed by atoms with Gasteiger partial charge in [0.15, 0.2) is 11.5 Å². The lowest BCUT2D eigenvalue weighted by Gasteiger charge is -2.17. The summed E-state index contributed by atoms with van der Waals surface area (Å²) in [6, 6.07) is 12.1. The molecule has 8 heteroatoms. The van der Waals surface area contributed by atoms with E-state index in [-0.39, 0.29) is 24.6 Å². The van der Waals surface area contributed by atoms with Crippen molar-refractivity contribution in [2.75, 3.05) is 30.1 Å². The molecule has 2 aliphatic rings. The number of halogens is 1. The van der Waals surface area contributed by atoms with E-state index in [0.717, 1.165) is 5.69 Å². The van der Waals surface area contributed by atoms with Crippen molar-refractivity contribution < 1.29 is 19.1 Å². The summed E-state index contributed by atoms with van der Waals surface area (Å²) in [5, 5.41) is 5.98. The average molecular weight is 388 g/mol. The normalized spacial score (nSPS) is 17.9. The minimum Gasteiger partial charge on any atom is -0.454 e. The van der Waals surface area contributed by atoms with Crippen LogP contribution in [-0.2, 0) is 4.79 Å². The molecular formula is C19H18ClN3O4. The molecule has 3 amide bonds. The van der Waals surface area contributed by atoms with Crippen LogP contribution in [0.3, 0.4) is 0 Å². The van der Waals surface area contributed by atoms with E-state index in [1.165, 1.54) is 0 Å². The smallest absolute Gasteiger partial charge is 0.319 e. The molecule has 27 heavy (non-hydrogen) atoms. The molecule has 1 atom stereocenters. The van der Waals surface area contributed by atoms with Gasteiger partial charge in [-0.3, -0.25) is 4.79 Å². The summed E-state index contributed by atoms with van der Waals surface area (Å²) in [5.74, 6) is 1.37. The Morgan fingerprint density at radius 1 is 1.19 bits per heavy atom. The zero-order chi connectivity index (χ0) is 18.8. The summed E-state index contributed by atoms with van der Waals surface area (Å²) >= 11 is 6.03. The molecule has 0 spiro atoms. The van der Waals surface area contributed by atoms with Gasteiger partial charge in [0.05, 0.1) is 10.7 Å². The Morgan fingerprint density at radius 3 is 2.85 bits per heavy atom. The van der Waals surface area contributed by atoms with Gasteiger partial charge in [-0.25, -0.2) is 4.79 Å². The third-order valence-electron chi connectivity index (χ3n) is 4.55. The van der Waals surface area contributed by atoms with Crippen LogP contribution in [0.4, 0.5) is 16.2 Å². The molecule has 4 rings (SSSR count). The van der Waals surface area contributed by atoms with Gasteiger partial charge in [-0.05, 0) is 24.3 Å². The van der Waals surface area contributed by atoms with Gasteiger partial charge in [-0.2, -0.15) is 0 Å². The second-order valence-electron chi connectivity index (χ2n) is 6.43. The molecule has 1 unspecified atom stereocenters. The highest BCUT2D eigenvalue weighted by atomic mass is 35.5. The van der Waals surface area contributed by atoms with E-state index >= 15 is 0 Å². The fourth-order valence-corrected chi connectivity index (χ4v) is 3.37. The van der Waals surface area contributed by atoms with Gasteiger partial charge >= 0.3 is 6.03 Å². The molecule has 2 aromatic rings. The van der Waals surface area contributed by atoms with Crippen LogP contribution in [0.25, 0.3) is 0 Å². The van der Waals surface area contributed by atoms with Crippen LogP contribution in [-0.4, -0.2) is 31.8 Å². The Hall–Kier alpha value is -2.93. The van der Waals surface area contributed by atoms with Crippen LogP contribution >= 0.6 is 11.6 Å². The summed E-state index contributed by atoms with van der Waals surface area (Å²) in [7, 11) is 0. The maximum Gasteiger partial charge on any atom is 0.319 e. The zero-order valence-electron chi connectivity index (χ0n) is 14.4. The van der Waals surface area contributed by atoms with Crippen molar-refractivity contribution in [2.45, 2.75) is 6.42 Å². The Bertz CT molecular complexity index is 889. The summed E-state index contributed by atoms with van der Waals surface area (Å²) in [5.41, 5.74) is 1.31.